The van der Waals surface area contributed by atoms with E-state index in [2.05, 4.69) is 54.4 Å². The SMILES string of the molecule is CCCCC1(CCCC)CNCCN1c1ccccc1. The molecule has 20 heavy (non-hydrogen) atoms. The molecule has 2 heteroatoms. The summed E-state index contributed by atoms with van der Waals surface area (Å²) in [6, 6.07) is 11.0. The molecule has 1 heterocycles. The van der Waals surface area contributed by atoms with Crippen LogP contribution in [0.25, 0.3) is 0 Å². The summed E-state index contributed by atoms with van der Waals surface area (Å²) in [5, 5.41) is 3.65. The highest BCUT2D eigenvalue weighted by Crippen LogP contribution is 2.34. The Morgan fingerprint density at radius 3 is 2.30 bits per heavy atom. The van der Waals surface area contributed by atoms with E-state index < -0.39 is 0 Å². The predicted molar refractivity (Wildman–Crippen MR) is 88.4 cm³/mol. The lowest BCUT2D eigenvalue weighted by molar-refractivity contribution is 0.273. The molecule has 1 aromatic carbocycles. The highest BCUT2D eigenvalue weighted by molar-refractivity contribution is 5.50. The van der Waals surface area contributed by atoms with E-state index in [0.29, 0.717) is 5.54 Å². The lowest BCUT2D eigenvalue weighted by Crippen LogP contribution is -2.61. The van der Waals surface area contributed by atoms with Gasteiger partial charge in [-0.25, -0.2) is 0 Å². The predicted octanol–water partition coefficient (Wildman–Crippen LogP) is 4.22. The van der Waals surface area contributed by atoms with Gasteiger partial charge < -0.3 is 10.2 Å². The molecule has 0 aliphatic carbocycles. The van der Waals surface area contributed by atoms with Gasteiger partial charge >= 0.3 is 0 Å². The van der Waals surface area contributed by atoms with Gasteiger partial charge in [0.1, 0.15) is 0 Å². The summed E-state index contributed by atoms with van der Waals surface area (Å²) in [6.45, 7) is 7.99. The van der Waals surface area contributed by atoms with Crippen molar-refractivity contribution in [3.05, 3.63) is 30.3 Å². The van der Waals surface area contributed by atoms with Crippen LogP contribution in [0, 0.1) is 0 Å². The van der Waals surface area contributed by atoms with E-state index in [1.807, 2.05) is 0 Å². The van der Waals surface area contributed by atoms with E-state index in [1.165, 1.54) is 44.2 Å². The fraction of sp³-hybridized carbons (Fsp3) is 0.667. The van der Waals surface area contributed by atoms with E-state index >= 15 is 0 Å². The van der Waals surface area contributed by atoms with Crippen LogP contribution in [0.4, 0.5) is 5.69 Å². The van der Waals surface area contributed by atoms with E-state index in [0.717, 1.165) is 19.6 Å². The average molecular weight is 274 g/mol. The topological polar surface area (TPSA) is 15.3 Å². The van der Waals surface area contributed by atoms with E-state index in [9.17, 15) is 0 Å². The second-order valence-corrected chi connectivity index (χ2v) is 6.10. The van der Waals surface area contributed by atoms with E-state index in [4.69, 9.17) is 0 Å². The maximum atomic E-state index is 3.65. The van der Waals surface area contributed by atoms with Crippen LogP contribution in [0.3, 0.4) is 0 Å². The summed E-state index contributed by atoms with van der Waals surface area (Å²) < 4.78 is 0. The summed E-state index contributed by atoms with van der Waals surface area (Å²) in [4.78, 5) is 2.69. The number of rotatable bonds is 7. The largest absolute Gasteiger partial charge is 0.363 e. The zero-order valence-electron chi connectivity index (χ0n) is 13.2. The summed E-state index contributed by atoms with van der Waals surface area (Å²) in [5.74, 6) is 0. The van der Waals surface area contributed by atoms with Crippen molar-refractivity contribution in [1.29, 1.82) is 0 Å². The third kappa shape index (κ3) is 3.54. The van der Waals surface area contributed by atoms with Crippen molar-refractivity contribution in [2.24, 2.45) is 0 Å². The molecular weight excluding hydrogens is 244 g/mol. The fourth-order valence-corrected chi connectivity index (χ4v) is 3.44. The molecule has 1 aromatic rings. The zero-order valence-corrected chi connectivity index (χ0v) is 13.2. The average Bonchev–Trinajstić information content (AvgIpc) is 2.52. The normalized spacial score (nSPS) is 18.2. The second-order valence-electron chi connectivity index (χ2n) is 6.10. The Morgan fingerprint density at radius 1 is 1.05 bits per heavy atom. The highest BCUT2D eigenvalue weighted by atomic mass is 15.3. The number of anilines is 1. The van der Waals surface area contributed by atoms with Gasteiger partial charge in [-0.2, -0.15) is 0 Å². The number of nitrogens with zero attached hydrogens (tertiary/aromatic N) is 1. The van der Waals surface area contributed by atoms with Crippen molar-refractivity contribution in [1.82, 2.24) is 5.32 Å². The van der Waals surface area contributed by atoms with Gasteiger partial charge in [-0.3, -0.25) is 0 Å². The maximum Gasteiger partial charge on any atom is 0.0526 e. The molecule has 2 rings (SSSR count). The highest BCUT2D eigenvalue weighted by Gasteiger charge is 2.37. The summed E-state index contributed by atoms with van der Waals surface area (Å²) in [6.07, 6.45) is 7.85. The van der Waals surface area contributed by atoms with Crippen LogP contribution < -0.4 is 10.2 Å². The van der Waals surface area contributed by atoms with Gasteiger partial charge in [0.05, 0.1) is 5.54 Å². The van der Waals surface area contributed by atoms with Gasteiger partial charge in [-0.05, 0) is 25.0 Å². The van der Waals surface area contributed by atoms with Crippen LogP contribution in [-0.4, -0.2) is 25.2 Å². The molecule has 0 amide bonds. The van der Waals surface area contributed by atoms with Crippen LogP contribution in [0.5, 0.6) is 0 Å². The molecule has 0 spiro atoms. The first-order chi connectivity index (χ1) is 9.82. The molecular formula is C18H30N2. The molecule has 112 valence electrons. The summed E-state index contributed by atoms with van der Waals surface area (Å²) in [7, 11) is 0. The number of piperazine rings is 1. The Kier molecular flexibility index (Phi) is 5.90. The number of nitrogens with one attached hydrogen (secondary N) is 1. The van der Waals surface area contributed by atoms with Gasteiger partial charge in [-0.15, -0.1) is 0 Å². The standard InChI is InChI=1S/C18H30N2/c1-3-5-12-18(13-6-4-2)16-19-14-15-20(18)17-10-8-7-9-11-17/h7-11,19H,3-6,12-16H2,1-2H3. The van der Waals surface area contributed by atoms with Gasteiger partial charge in [0, 0.05) is 25.3 Å². The summed E-state index contributed by atoms with van der Waals surface area (Å²) in [5.41, 5.74) is 1.73. The van der Waals surface area contributed by atoms with Crippen molar-refractivity contribution in [2.45, 2.75) is 57.9 Å². The number of para-hydroxylation sites is 1. The third-order valence-electron chi connectivity index (χ3n) is 4.60. The second kappa shape index (κ2) is 7.68. The Balaban J connectivity index is 2.23. The van der Waals surface area contributed by atoms with Crippen molar-refractivity contribution in [3.8, 4) is 0 Å². The van der Waals surface area contributed by atoms with Crippen molar-refractivity contribution >= 4 is 5.69 Å². The minimum atomic E-state index is 0.325. The van der Waals surface area contributed by atoms with E-state index in [-0.39, 0.29) is 0 Å². The smallest absolute Gasteiger partial charge is 0.0526 e. The lowest BCUT2D eigenvalue weighted by atomic mass is 9.83. The molecule has 0 bridgehead atoms. The molecule has 2 nitrogen and oxygen atoms in total. The van der Waals surface area contributed by atoms with Crippen LogP contribution in [0.2, 0.25) is 0 Å². The molecule has 0 aromatic heterocycles. The molecule has 1 fully saturated rings. The van der Waals surface area contributed by atoms with E-state index in [1.54, 1.807) is 0 Å². The third-order valence-corrected chi connectivity index (χ3v) is 4.60. The monoisotopic (exact) mass is 274 g/mol. The quantitative estimate of drug-likeness (QED) is 0.801. The first-order valence-electron chi connectivity index (χ1n) is 8.36. The van der Waals surface area contributed by atoms with Crippen LogP contribution in [-0.2, 0) is 0 Å². The first kappa shape index (κ1) is 15.4. The number of hydrogen-bond acceptors (Lipinski definition) is 2. The maximum absolute atomic E-state index is 3.65. The van der Waals surface area contributed by atoms with Crippen LogP contribution in [0.1, 0.15) is 52.4 Å². The number of unbranched alkanes of at least 4 members (excludes halogenated alkanes) is 2. The van der Waals surface area contributed by atoms with Crippen molar-refractivity contribution in [2.75, 3.05) is 24.5 Å². The van der Waals surface area contributed by atoms with Gasteiger partial charge in [-0.1, -0.05) is 57.7 Å². The molecule has 0 saturated carbocycles. The molecule has 0 radical (unpaired) electrons. The van der Waals surface area contributed by atoms with Gasteiger partial charge in [0.15, 0.2) is 0 Å². The van der Waals surface area contributed by atoms with Crippen molar-refractivity contribution < 1.29 is 0 Å². The Hall–Kier alpha value is -1.02. The molecule has 1 N–H and O–H groups in total. The molecule has 0 unspecified atom stereocenters. The molecule has 1 aliphatic rings. The van der Waals surface area contributed by atoms with Crippen LogP contribution >= 0.6 is 0 Å². The Labute approximate surface area is 124 Å². The number of hydrogen-bond donors (Lipinski definition) is 1. The molecule has 0 atom stereocenters. The van der Waals surface area contributed by atoms with Crippen LogP contribution in [0.15, 0.2) is 30.3 Å². The summed E-state index contributed by atoms with van der Waals surface area (Å²) >= 11 is 0. The van der Waals surface area contributed by atoms with Crippen molar-refractivity contribution in [3.63, 3.8) is 0 Å². The molecule has 1 aliphatic heterocycles. The van der Waals surface area contributed by atoms with Gasteiger partial charge in [0.2, 0.25) is 0 Å². The minimum absolute atomic E-state index is 0.325. The fourth-order valence-electron chi connectivity index (χ4n) is 3.44. The lowest BCUT2D eigenvalue weighted by Gasteiger charge is -2.49. The zero-order chi connectivity index (χ0) is 14.3. The van der Waals surface area contributed by atoms with Gasteiger partial charge in [0.25, 0.3) is 0 Å². The molecule has 1 saturated heterocycles. The Morgan fingerprint density at radius 2 is 1.70 bits per heavy atom. The number of benzene rings is 1. The Bertz CT molecular complexity index is 366. The minimum Gasteiger partial charge on any atom is -0.363 e. The first-order valence-corrected chi connectivity index (χ1v) is 8.36.